The maximum Gasteiger partial charge on any atom is 0.336 e. The summed E-state index contributed by atoms with van der Waals surface area (Å²) >= 11 is 0. The zero-order chi connectivity index (χ0) is 11.0. The summed E-state index contributed by atoms with van der Waals surface area (Å²) in [5, 5.41) is 18.3. The van der Waals surface area contributed by atoms with Crippen molar-refractivity contribution in [2.75, 3.05) is 0 Å². The number of aliphatic hydroxyl groups excluding tert-OH is 1. The molecule has 0 aromatic heterocycles. The third-order valence-corrected chi connectivity index (χ3v) is 2.62. The first-order valence-electron chi connectivity index (χ1n) is 4.68. The van der Waals surface area contributed by atoms with Gasteiger partial charge in [-0.25, -0.2) is 4.79 Å². The number of carboxylic acid groups (broad SMARTS) is 1. The van der Waals surface area contributed by atoms with Crippen LogP contribution in [0.5, 0.6) is 0 Å². The standard InChI is InChI=1S/C11H10O4/c12-8-5-4-6-2-1-3-7(11(14)15)9(6)10(8)13/h1-3,8,12H,4-5H2,(H,14,15). The van der Waals surface area contributed by atoms with E-state index in [1.54, 1.807) is 12.1 Å². The number of hydrogen-bond donors (Lipinski definition) is 2. The molecule has 1 unspecified atom stereocenters. The summed E-state index contributed by atoms with van der Waals surface area (Å²) in [5.41, 5.74) is 0.866. The predicted molar refractivity (Wildman–Crippen MR) is 52.1 cm³/mol. The van der Waals surface area contributed by atoms with Crippen LogP contribution in [0.4, 0.5) is 0 Å². The van der Waals surface area contributed by atoms with E-state index in [4.69, 9.17) is 5.11 Å². The van der Waals surface area contributed by atoms with Crippen molar-refractivity contribution >= 4 is 11.8 Å². The van der Waals surface area contributed by atoms with Gasteiger partial charge in [-0.05, 0) is 24.5 Å². The number of carbonyl (C=O) groups is 2. The summed E-state index contributed by atoms with van der Waals surface area (Å²) in [4.78, 5) is 22.5. The third kappa shape index (κ3) is 1.53. The zero-order valence-electron chi connectivity index (χ0n) is 7.93. The zero-order valence-corrected chi connectivity index (χ0v) is 7.93. The largest absolute Gasteiger partial charge is 0.478 e. The van der Waals surface area contributed by atoms with Crippen LogP contribution in [0.1, 0.15) is 32.7 Å². The molecule has 0 amide bonds. The first kappa shape index (κ1) is 9.86. The number of carbonyl (C=O) groups excluding carboxylic acids is 1. The van der Waals surface area contributed by atoms with Gasteiger partial charge in [-0.1, -0.05) is 12.1 Å². The highest BCUT2D eigenvalue weighted by molar-refractivity contribution is 6.09. The minimum absolute atomic E-state index is 0.0174. The first-order chi connectivity index (χ1) is 7.11. The fraction of sp³-hybridized carbons (Fsp3) is 0.273. The molecule has 15 heavy (non-hydrogen) atoms. The van der Waals surface area contributed by atoms with Gasteiger partial charge in [-0.15, -0.1) is 0 Å². The minimum Gasteiger partial charge on any atom is -0.478 e. The van der Waals surface area contributed by atoms with Crippen molar-refractivity contribution in [2.24, 2.45) is 0 Å². The van der Waals surface area contributed by atoms with Crippen LogP contribution >= 0.6 is 0 Å². The van der Waals surface area contributed by atoms with Crippen LogP contribution < -0.4 is 0 Å². The molecule has 1 atom stereocenters. The molecular weight excluding hydrogens is 196 g/mol. The number of aromatic carboxylic acids is 1. The molecular formula is C11H10O4. The number of benzene rings is 1. The minimum atomic E-state index is -1.13. The van der Waals surface area contributed by atoms with Gasteiger partial charge in [0.2, 0.25) is 0 Å². The number of aryl methyl sites for hydroxylation is 1. The summed E-state index contributed by atoms with van der Waals surface area (Å²) in [6.07, 6.45) is -0.142. The quantitative estimate of drug-likeness (QED) is 0.715. The maximum atomic E-state index is 11.6. The predicted octanol–water partition coefficient (Wildman–Crippen LogP) is 0.875. The number of fused-ring (bicyclic) bond motifs is 1. The van der Waals surface area contributed by atoms with Gasteiger partial charge in [0.05, 0.1) is 5.56 Å². The van der Waals surface area contributed by atoms with Crippen LogP contribution in [0.25, 0.3) is 0 Å². The lowest BCUT2D eigenvalue weighted by molar-refractivity contribution is 0.0663. The molecule has 0 saturated carbocycles. The Morgan fingerprint density at radius 2 is 2.13 bits per heavy atom. The fourth-order valence-corrected chi connectivity index (χ4v) is 1.87. The second kappa shape index (κ2) is 3.47. The molecule has 1 aromatic carbocycles. The summed E-state index contributed by atoms with van der Waals surface area (Å²) in [5.74, 6) is -1.61. The van der Waals surface area contributed by atoms with Crippen molar-refractivity contribution in [1.29, 1.82) is 0 Å². The molecule has 0 bridgehead atoms. The molecule has 2 rings (SSSR count). The number of Topliss-reactive ketones (excluding diaryl/α,β-unsaturated/α-hetero) is 1. The molecule has 4 heteroatoms. The molecule has 4 nitrogen and oxygen atoms in total. The number of hydrogen-bond acceptors (Lipinski definition) is 3. The second-order valence-corrected chi connectivity index (χ2v) is 3.56. The Balaban J connectivity index is 2.62. The van der Waals surface area contributed by atoms with Crippen LogP contribution in [-0.4, -0.2) is 28.1 Å². The Bertz CT molecular complexity index is 436. The van der Waals surface area contributed by atoms with E-state index in [2.05, 4.69) is 0 Å². The monoisotopic (exact) mass is 206 g/mol. The van der Waals surface area contributed by atoms with Gasteiger partial charge in [0.25, 0.3) is 0 Å². The van der Waals surface area contributed by atoms with Crippen molar-refractivity contribution < 1.29 is 19.8 Å². The van der Waals surface area contributed by atoms with Crippen molar-refractivity contribution in [2.45, 2.75) is 18.9 Å². The van der Waals surface area contributed by atoms with Crippen LogP contribution in [0.15, 0.2) is 18.2 Å². The molecule has 2 N–H and O–H groups in total. The summed E-state index contributed by atoms with van der Waals surface area (Å²) < 4.78 is 0. The van der Waals surface area contributed by atoms with E-state index in [0.29, 0.717) is 18.4 Å². The number of carboxylic acids is 1. The molecule has 1 aliphatic rings. The van der Waals surface area contributed by atoms with E-state index >= 15 is 0 Å². The van der Waals surface area contributed by atoms with Crippen molar-refractivity contribution in [3.05, 3.63) is 34.9 Å². The van der Waals surface area contributed by atoms with Gasteiger partial charge < -0.3 is 10.2 Å². The molecule has 0 fully saturated rings. The summed E-state index contributed by atoms with van der Waals surface area (Å²) in [6.45, 7) is 0. The fourth-order valence-electron chi connectivity index (χ4n) is 1.87. The Hall–Kier alpha value is -1.68. The molecule has 1 aliphatic carbocycles. The molecule has 0 saturated heterocycles. The first-order valence-corrected chi connectivity index (χ1v) is 4.68. The van der Waals surface area contributed by atoms with Crippen LogP contribution in [0.3, 0.4) is 0 Å². The normalized spacial score (nSPS) is 19.8. The number of ketones is 1. The summed E-state index contributed by atoms with van der Waals surface area (Å²) in [7, 11) is 0. The molecule has 0 radical (unpaired) electrons. The average molecular weight is 206 g/mol. The highest BCUT2D eigenvalue weighted by Gasteiger charge is 2.29. The lowest BCUT2D eigenvalue weighted by Gasteiger charge is -2.20. The van der Waals surface area contributed by atoms with Gasteiger partial charge in [-0.3, -0.25) is 4.79 Å². The molecule has 1 aromatic rings. The highest BCUT2D eigenvalue weighted by Crippen LogP contribution is 2.24. The highest BCUT2D eigenvalue weighted by atomic mass is 16.4. The number of aliphatic hydroxyl groups is 1. The lowest BCUT2D eigenvalue weighted by atomic mass is 9.85. The van der Waals surface area contributed by atoms with Crippen LogP contribution in [0, 0.1) is 0 Å². The topological polar surface area (TPSA) is 74.6 Å². The van der Waals surface area contributed by atoms with E-state index in [1.807, 2.05) is 0 Å². The van der Waals surface area contributed by atoms with E-state index in [0.717, 1.165) is 0 Å². The van der Waals surface area contributed by atoms with E-state index in [1.165, 1.54) is 6.07 Å². The van der Waals surface area contributed by atoms with Gasteiger partial charge in [0.1, 0.15) is 6.10 Å². The Morgan fingerprint density at radius 3 is 2.80 bits per heavy atom. The van der Waals surface area contributed by atoms with E-state index in [9.17, 15) is 14.7 Å². The van der Waals surface area contributed by atoms with Gasteiger partial charge in [0, 0.05) is 5.56 Å². The lowest BCUT2D eigenvalue weighted by Crippen LogP contribution is -2.29. The Labute approximate surface area is 86.2 Å². The SMILES string of the molecule is O=C(O)c1cccc2c1C(=O)C(O)CC2. The van der Waals surface area contributed by atoms with Crippen LogP contribution in [-0.2, 0) is 6.42 Å². The second-order valence-electron chi connectivity index (χ2n) is 3.56. The average Bonchev–Trinajstić information content (AvgIpc) is 2.23. The summed E-state index contributed by atoms with van der Waals surface area (Å²) in [6, 6.07) is 4.73. The Morgan fingerprint density at radius 1 is 1.40 bits per heavy atom. The Kier molecular flexibility index (Phi) is 2.28. The van der Waals surface area contributed by atoms with Crippen molar-refractivity contribution in [3.63, 3.8) is 0 Å². The van der Waals surface area contributed by atoms with E-state index < -0.39 is 17.9 Å². The number of rotatable bonds is 1. The molecule has 0 spiro atoms. The van der Waals surface area contributed by atoms with Crippen molar-refractivity contribution in [1.82, 2.24) is 0 Å². The van der Waals surface area contributed by atoms with Crippen LogP contribution in [0.2, 0.25) is 0 Å². The molecule has 0 aliphatic heterocycles. The smallest absolute Gasteiger partial charge is 0.336 e. The van der Waals surface area contributed by atoms with E-state index in [-0.39, 0.29) is 11.1 Å². The third-order valence-electron chi connectivity index (χ3n) is 2.62. The van der Waals surface area contributed by atoms with Gasteiger partial charge in [-0.2, -0.15) is 0 Å². The molecule has 78 valence electrons. The van der Waals surface area contributed by atoms with Gasteiger partial charge in [0.15, 0.2) is 5.78 Å². The maximum absolute atomic E-state index is 11.6. The molecule has 0 heterocycles. The van der Waals surface area contributed by atoms with Crippen molar-refractivity contribution in [3.8, 4) is 0 Å². The van der Waals surface area contributed by atoms with Gasteiger partial charge >= 0.3 is 5.97 Å².